The minimum atomic E-state index is -0.402. The van der Waals surface area contributed by atoms with Crippen LogP contribution in [-0.4, -0.2) is 21.2 Å². The summed E-state index contributed by atoms with van der Waals surface area (Å²) in [6, 6.07) is 4.67. The second-order valence-corrected chi connectivity index (χ2v) is 6.59. The van der Waals surface area contributed by atoms with Crippen molar-refractivity contribution in [3.05, 3.63) is 39.0 Å². The van der Waals surface area contributed by atoms with E-state index < -0.39 is 5.69 Å². The number of amides is 2. The van der Waals surface area contributed by atoms with Crippen molar-refractivity contribution in [3.8, 4) is 0 Å². The van der Waals surface area contributed by atoms with Gasteiger partial charge in [-0.15, -0.1) is 0 Å². The van der Waals surface area contributed by atoms with Crippen molar-refractivity contribution in [1.29, 1.82) is 0 Å². The van der Waals surface area contributed by atoms with Crippen LogP contribution in [0.25, 0.3) is 10.9 Å². The smallest absolute Gasteiger partial charge is 0.330 e. The Hall–Kier alpha value is -2.57. The first-order chi connectivity index (χ1) is 11.8. The number of carbonyl (C=O) groups excluding carboxylic acids is 1. The van der Waals surface area contributed by atoms with Crippen LogP contribution in [0, 0.1) is 5.92 Å². The molecule has 2 amide bonds. The number of carbonyl (C=O) groups is 1. The summed E-state index contributed by atoms with van der Waals surface area (Å²) in [5, 5.41) is 6.12. The normalized spacial score (nSPS) is 13.5. The van der Waals surface area contributed by atoms with Gasteiger partial charge in [-0.05, 0) is 37.5 Å². The first-order valence-corrected chi connectivity index (χ1v) is 8.53. The molecule has 136 valence electrons. The van der Waals surface area contributed by atoms with Gasteiger partial charge >= 0.3 is 11.7 Å². The van der Waals surface area contributed by atoms with Crippen LogP contribution in [0.3, 0.4) is 0 Å². The van der Waals surface area contributed by atoms with E-state index in [9.17, 15) is 14.4 Å². The third kappa shape index (κ3) is 3.92. The van der Waals surface area contributed by atoms with Crippen LogP contribution in [0.5, 0.6) is 0 Å². The summed E-state index contributed by atoms with van der Waals surface area (Å²) >= 11 is 0. The van der Waals surface area contributed by atoms with Crippen LogP contribution in [0.2, 0.25) is 0 Å². The van der Waals surface area contributed by atoms with Gasteiger partial charge in [-0.2, -0.15) is 0 Å². The number of hydrogen-bond donors (Lipinski definition) is 2. The fraction of sp³-hybridized carbons (Fsp3) is 0.500. The second-order valence-electron chi connectivity index (χ2n) is 6.59. The van der Waals surface area contributed by atoms with E-state index in [0.29, 0.717) is 22.5 Å². The minimum Gasteiger partial charge on any atom is -0.335 e. The van der Waals surface area contributed by atoms with Gasteiger partial charge in [0.05, 0.1) is 10.9 Å². The summed E-state index contributed by atoms with van der Waals surface area (Å²) in [4.78, 5) is 36.4. The molecule has 0 aliphatic rings. The van der Waals surface area contributed by atoms with Crippen molar-refractivity contribution in [3.63, 3.8) is 0 Å². The van der Waals surface area contributed by atoms with E-state index in [1.807, 2.05) is 6.92 Å². The summed E-state index contributed by atoms with van der Waals surface area (Å²) in [7, 11) is 3.05. The van der Waals surface area contributed by atoms with E-state index >= 15 is 0 Å². The number of rotatable bonds is 5. The lowest BCUT2D eigenvalue weighted by Crippen LogP contribution is -2.40. The molecule has 0 fully saturated rings. The summed E-state index contributed by atoms with van der Waals surface area (Å²) in [6.07, 6.45) is 2.12. The van der Waals surface area contributed by atoms with E-state index in [1.165, 1.54) is 11.6 Å². The summed E-state index contributed by atoms with van der Waals surface area (Å²) in [5.74, 6) is 0.385. The number of nitrogens with one attached hydrogen (secondary N) is 2. The van der Waals surface area contributed by atoms with Crippen molar-refractivity contribution in [2.45, 2.75) is 39.7 Å². The predicted octanol–water partition coefficient (Wildman–Crippen LogP) is 2.18. The molecule has 2 atom stereocenters. The average Bonchev–Trinajstić information content (AvgIpc) is 2.58. The highest BCUT2D eigenvalue weighted by Gasteiger charge is 2.15. The fourth-order valence-corrected chi connectivity index (χ4v) is 2.88. The molecule has 2 rings (SSSR count). The molecule has 1 aromatic heterocycles. The number of anilines is 1. The first-order valence-electron chi connectivity index (χ1n) is 8.53. The van der Waals surface area contributed by atoms with Crippen molar-refractivity contribution in [1.82, 2.24) is 14.5 Å². The number of aryl methyl sites for hydroxylation is 1. The summed E-state index contributed by atoms with van der Waals surface area (Å²) in [5.41, 5.74) is 0.263. The maximum Gasteiger partial charge on any atom is 0.330 e. The lowest BCUT2D eigenvalue weighted by molar-refractivity contribution is 0.244. The Morgan fingerprint density at radius 3 is 2.48 bits per heavy atom. The molecule has 25 heavy (non-hydrogen) atoms. The van der Waals surface area contributed by atoms with Gasteiger partial charge in [-0.3, -0.25) is 13.9 Å². The van der Waals surface area contributed by atoms with Crippen LogP contribution in [0.15, 0.2) is 27.8 Å². The number of aromatic nitrogens is 2. The molecule has 2 unspecified atom stereocenters. The molecule has 0 spiro atoms. The Morgan fingerprint density at radius 1 is 1.16 bits per heavy atom. The summed E-state index contributed by atoms with van der Waals surface area (Å²) < 4.78 is 2.46. The van der Waals surface area contributed by atoms with Crippen LogP contribution < -0.4 is 21.9 Å². The lowest BCUT2D eigenvalue weighted by atomic mass is 9.99. The van der Waals surface area contributed by atoms with Crippen LogP contribution >= 0.6 is 0 Å². The highest BCUT2D eigenvalue weighted by Crippen LogP contribution is 2.15. The largest absolute Gasteiger partial charge is 0.335 e. The maximum absolute atomic E-state index is 12.2. The van der Waals surface area contributed by atoms with E-state index in [0.717, 1.165) is 17.4 Å². The Bertz CT molecular complexity index is 898. The van der Waals surface area contributed by atoms with Crippen molar-refractivity contribution in [2.24, 2.45) is 20.0 Å². The van der Waals surface area contributed by atoms with Crippen molar-refractivity contribution >= 4 is 22.6 Å². The Morgan fingerprint density at radius 2 is 1.84 bits per heavy atom. The van der Waals surface area contributed by atoms with Crippen LogP contribution in [-0.2, 0) is 14.1 Å². The van der Waals surface area contributed by atoms with Crippen molar-refractivity contribution < 1.29 is 4.79 Å². The average molecular weight is 346 g/mol. The minimum absolute atomic E-state index is 0.0528. The number of nitrogens with zero attached hydrogens (tertiary/aromatic N) is 2. The topological polar surface area (TPSA) is 85.1 Å². The van der Waals surface area contributed by atoms with Gasteiger partial charge in [0.1, 0.15) is 0 Å². The molecular formula is C18H26N4O3. The maximum atomic E-state index is 12.2. The van der Waals surface area contributed by atoms with E-state index in [1.54, 1.807) is 25.2 Å². The number of urea groups is 1. The number of benzene rings is 1. The van der Waals surface area contributed by atoms with Gasteiger partial charge in [0.15, 0.2) is 0 Å². The van der Waals surface area contributed by atoms with Gasteiger partial charge in [-0.25, -0.2) is 9.59 Å². The zero-order valence-corrected chi connectivity index (χ0v) is 15.4. The zero-order valence-electron chi connectivity index (χ0n) is 15.4. The van der Waals surface area contributed by atoms with Gasteiger partial charge in [0.2, 0.25) is 0 Å². The molecule has 2 aromatic rings. The predicted molar refractivity (Wildman–Crippen MR) is 100 cm³/mol. The zero-order chi connectivity index (χ0) is 18.7. The Kier molecular flexibility index (Phi) is 5.66. The molecule has 0 bridgehead atoms. The third-order valence-corrected chi connectivity index (χ3v) is 4.68. The summed E-state index contributed by atoms with van der Waals surface area (Å²) in [6.45, 7) is 6.21. The number of fused-ring (bicyclic) bond motifs is 1. The van der Waals surface area contributed by atoms with E-state index in [2.05, 4.69) is 24.5 Å². The Labute approximate surface area is 146 Å². The molecule has 7 heteroatoms. The van der Waals surface area contributed by atoms with Gasteiger partial charge in [0.25, 0.3) is 5.56 Å². The van der Waals surface area contributed by atoms with Crippen LogP contribution in [0.4, 0.5) is 10.5 Å². The molecule has 2 N–H and O–H groups in total. The monoisotopic (exact) mass is 346 g/mol. The van der Waals surface area contributed by atoms with Gasteiger partial charge in [0, 0.05) is 25.8 Å². The quantitative estimate of drug-likeness (QED) is 0.870. The third-order valence-electron chi connectivity index (χ3n) is 4.68. The molecule has 0 saturated carbocycles. The SMILES string of the molecule is CCCC(C)C(C)NC(=O)Nc1ccc2c(=O)n(C)c(=O)n(C)c2c1. The highest BCUT2D eigenvalue weighted by atomic mass is 16.2. The lowest BCUT2D eigenvalue weighted by Gasteiger charge is -2.21. The number of hydrogen-bond acceptors (Lipinski definition) is 3. The van der Waals surface area contributed by atoms with Gasteiger partial charge < -0.3 is 10.6 Å². The van der Waals surface area contributed by atoms with Gasteiger partial charge in [-0.1, -0.05) is 20.3 Å². The van der Waals surface area contributed by atoms with E-state index in [4.69, 9.17) is 0 Å². The molecule has 1 heterocycles. The second kappa shape index (κ2) is 7.55. The molecular weight excluding hydrogens is 320 g/mol. The first kappa shape index (κ1) is 18.8. The molecule has 1 aromatic carbocycles. The molecule has 0 aliphatic carbocycles. The standard InChI is InChI=1S/C18H26N4O3/c1-6-7-11(2)12(3)19-17(24)20-13-8-9-14-15(10-13)21(4)18(25)22(5)16(14)23/h8-12H,6-7H2,1-5H3,(H2,19,20,24). The molecule has 0 aliphatic heterocycles. The highest BCUT2D eigenvalue weighted by molar-refractivity contribution is 5.92. The molecule has 0 radical (unpaired) electrons. The molecule has 0 saturated heterocycles. The van der Waals surface area contributed by atoms with Crippen LogP contribution in [0.1, 0.15) is 33.6 Å². The Balaban J connectivity index is 2.24. The molecule has 7 nitrogen and oxygen atoms in total. The van der Waals surface area contributed by atoms with Crippen molar-refractivity contribution in [2.75, 3.05) is 5.32 Å². The fourth-order valence-electron chi connectivity index (χ4n) is 2.88. The van der Waals surface area contributed by atoms with E-state index in [-0.39, 0.29) is 17.6 Å².